The topological polar surface area (TPSA) is 21.3 Å². The molecule has 0 aromatic heterocycles. The van der Waals surface area contributed by atoms with Crippen molar-refractivity contribution in [1.82, 2.24) is 5.32 Å². The molecule has 0 spiro atoms. The van der Waals surface area contributed by atoms with Crippen molar-refractivity contribution in [3.63, 3.8) is 0 Å². The van der Waals surface area contributed by atoms with Crippen molar-refractivity contribution in [2.75, 3.05) is 6.54 Å². The fraction of sp³-hybridized carbons (Fsp3) is 0.294. The van der Waals surface area contributed by atoms with Crippen molar-refractivity contribution in [1.29, 1.82) is 0 Å². The van der Waals surface area contributed by atoms with Gasteiger partial charge >= 0.3 is 0 Å². The van der Waals surface area contributed by atoms with Gasteiger partial charge in [0.1, 0.15) is 11.5 Å². The van der Waals surface area contributed by atoms with E-state index in [4.69, 9.17) is 4.74 Å². The summed E-state index contributed by atoms with van der Waals surface area (Å²) in [6, 6.07) is 12.4. The summed E-state index contributed by atoms with van der Waals surface area (Å²) in [7, 11) is 0. The molecule has 2 aromatic rings. The summed E-state index contributed by atoms with van der Waals surface area (Å²) in [4.78, 5) is 0. The number of aryl methyl sites for hydroxylation is 2. The van der Waals surface area contributed by atoms with Gasteiger partial charge in [-0.25, -0.2) is 0 Å². The minimum atomic E-state index is 0.810. The molecule has 0 saturated carbocycles. The van der Waals surface area contributed by atoms with Gasteiger partial charge < -0.3 is 10.1 Å². The lowest BCUT2D eigenvalue weighted by molar-refractivity contribution is 0.469. The Labute approximate surface area is 129 Å². The standard InChI is InChI=1S/C17H20BrNO/c1-4-19-11-14-6-7-15(18)10-17(14)20-16-8-5-12(2)9-13(16)3/h5-10,19H,4,11H2,1-3H3. The third kappa shape index (κ3) is 3.84. The lowest BCUT2D eigenvalue weighted by Gasteiger charge is -2.14. The molecule has 0 radical (unpaired) electrons. The average molecular weight is 334 g/mol. The Morgan fingerprint density at radius 2 is 1.85 bits per heavy atom. The molecular formula is C17H20BrNO. The number of benzene rings is 2. The van der Waals surface area contributed by atoms with Gasteiger partial charge in [-0.15, -0.1) is 0 Å². The van der Waals surface area contributed by atoms with E-state index in [-0.39, 0.29) is 0 Å². The summed E-state index contributed by atoms with van der Waals surface area (Å²) in [5.74, 6) is 1.80. The molecule has 0 fully saturated rings. The summed E-state index contributed by atoms with van der Waals surface area (Å²) in [5.41, 5.74) is 3.56. The number of halogens is 1. The molecule has 2 rings (SSSR count). The van der Waals surface area contributed by atoms with Crippen molar-refractivity contribution in [2.45, 2.75) is 27.3 Å². The number of hydrogen-bond donors (Lipinski definition) is 1. The molecule has 0 heterocycles. The zero-order chi connectivity index (χ0) is 14.5. The fourth-order valence-corrected chi connectivity index (χ4v) is 2.40. The van der Waals surface area contributed by atoms with Gasteiger partial charge in [0.05, 0.1) is 0 Å². The zero-order valence-electron chi connectivity index (χ0n) is 12.2. The van der Waals surface area contributed by atoms with Crippen LogP contribution in [0, 0.1) is 13.8 Å². The Balaban J connectivity index is 2.29. The molecule has 0 aliphatic carbocycles. The van der Waals surface area contributed by atoms with E-state index in [0.29, 0.717) is 0 Å². The van der Waals surface area contributed by atoms with Crippen molar-refractivity contribution in [2.24, 2.45) is 0 Å². The molecule has 1 N–H and O–H groups in total. The first-order valence-corrected chi connectivity index (χ1v) is 7.63. The second kappa shape index (κ2) is 6.91. The van der Waals surface area contributed by atoms with Crippen LogP contribution >= 0.6 is 15.9 Å². The Morgan fingerprint density at radius 1 is 1.05 bits per heavy atom. The second-order valence-electron chi connectivity index (χ2n) is 4.90. The molecular weight excluding hydrogens is 314 g/mol. The van der Waals surface area contributed by atoms with Crippen LogP contribution in [0.25, 0.3) is 0 Å². The third-order valence-electron chi connectivity index (χ3n) is 3.15. The van der Waals surface area contributed by atoms with Crippen LogP contribution in [0.4, 0.5) is 0 Å². The predicted octanol–water partition coefficient (Wildman–Crippen LogP) is 4.97. The molecule has 20 heavy (non-hydrogen) atoms. The SMILES string of the molecule is CCNCc1ccc(Br)cc1Oc1ccc(C)cc1C. The third-order valence-corrected chi connectivity index (χ3v) is 3.64. The Kier molecular flexibility index (Phi) is 5.21. The van der Waals surface area contributed by atoms with Gasteiger partial charge in [0.25, 0.3) is 0 Å². The van der Waals surface area contributed by atoms with Crippen molar-refractivity contribution >= 4 is 15.9 Å². The molecule has 2 aromatic carbocycles. The predicted molar refractivity (Wildman–Crippen MR) is 87.5 cm³/mol. The Bertz CT molecular complexity index is 596. The molecule has 106 valence electrons. The fourth-order valence-electron chi connectivity index (χ4n) is 2.06. The van der Waals surface area contributed by atoms with Gasteiger partial charge in [0.2, 0.25) is 0 Å². The highest BCUT2D eigenvalue weighted by molar-refractivity contribution is 9.10. The highest BCUT2D eigenvalue weighted by Crippen LogP contribution is 2.30. The van der Waals surface area contributed by atoms with E-state index < -0.39 is 0 Å². The lowest BCUT2D eigenvalue weighted by atomic mass is 10.1. The average Bonchev–Trinajstić information content (AvgIpc) is 2.41. The number of nitrogens with one attached hydrogen (secondary N) is 1. The van der Waals surface area contributed by atoms with Crippen molar-refractivity contribution < 1.29 is 4.74 Å². The normalized spacial score (nSPS) is 10.6. The summed E-state index contributed by atoms with van der Waals surface area (Å²) >= 11 is 3.51. The highest BCUT2D eigenvalue weighted by atomic mass is 79.9. The summed E-state index contributed by atoms with van der Waals surface area (Å²) in [5, 5.41) is 3.34. The van der Waals surface area contributed by atoms with E-state index in [2.05, 4.69) is 60.2 Å². The molecule has 0 bridgehead atoms. The molecule has 2 nitrogen and oxygen atoms in total. The largest absolute Gasteiger partial charge is 0.457 e. The van der Waals surface area contributed by atoms with Gasteiger partial charge in [-0.2, -0.15) is 0 Å². The number of rotatable bonds is 5. The van der Waals surface area contributed by atoms with E-state index in [1.807, 2.05) is 18.2 Å². The maximum Gasteiger partial charge on any atom is 0.133 e. The molecule has 0 amide bonds. The lowest BCUT2D eigenvalue weighted by Crippen LogP contribution is -2.12. The number of hydrogen-bond acceptors (Lipinski definition) is 2. The van der Waals surface area contributed by atoms with E-state index in [1.54, 1.807) is 0 Å². The number of ether oxygens (including phenoxy) is 1. The Hall–Kier alpha value is -1.32. The second-order valence-corrected chi connectivity index (χ2v) is 5.82. The molecule has 0 aliphatic rings. The maximum absolute atomic E-state index is 6.10. The first kappa shape index (κ1) is 15.1. The zero-order valence-corrected chi connectivity index (χ0v) is 13.8. The van der Waals surface area contributed by atoms with Crippen LogP contribution in [0.3, 0.4) is 0 Å². The van der Waals surface area contributed by atoms with E-state index >= 15 is 0 Å². The molecule has 0 saturated heterocycles. The molecule has 0 unspecified atom stereocenters. The van der Waals surface area contributed by atoms with Gasteiger partial charge in [-0.3, -0.25) is 0 Å². The smallest absolute Gasteiger partial charge is 0.133 e. The summed E-state index contributed by atoms with van der Waals surface area (Å²) in [6.45, 7) is 8.02. The molecule has 0 atom stereocenters. The van der Waals surface area contributed by atoms with E-state index in [0.717, 1.165) is 40.2 Å². The van der Waals surface area contributed by atoms with Crippen LogP contribution in [-0.2, 0) is 6.54 Å². The Morgan fingerprint density at radius 3 is 2.55 bits per heavy atom. The first-order valence-electron chi connectivity index (χ1n) is 6.84. The van der Waals surface area contributed by atoms with Crippen molar-refractivity contribution in [3.05, 3.63) is 57.6 Å². The monoisotopic (exact) mass is 333 g/mol. The highest BCUT2D eigenvalue weighted by Gasteiger charge is 2.07. The van der Waals surface area contributed by atoms with Gasteiger partial charge in [-0.05, 0) is 44.2 Å². The van der Waals surface area contributed by atoms with Crippen LogP contribution in [0.1, 0.15) is 23.6 Å². The maximum atomic E-state index is 6.10. The van der Waals surface area contributed by atoms with Crippen LogP contribution in [0.5, 0.6) is 11.5 Å². The van der Waals surface area contributed by atoms with E-state index in [1.165, 1.54) is 5.56 Å². The minimum Gasteiger partial charge on any atom is -0.457 e. The first-order chi connectivity index (χ1) is 9.60. The van der Waals surface area contributed by atoms with Gasteiger partial charge in [0.15, 0.2) is 0 Å². The molecule has 0 aliphatic heterocycles. The van der Waals surface area contributed by atoms with Crippen LogP contribution in [0.2, 0.25) is 0 Å². The minimum absolute atomic E-state index is 0.810. The molecule has 3 heteroatoms. The van der Waals surface area contributed by atoms with Crippen LogP contribution in [-0.4, -0.2) is 6.54 Å². The van der Waals surface area contributed by atoms with Gasteiger partial charge in [0, 0.05) is 16.6 Å². The van der Waals surface area contributed by atoms with Gasteiger partial charge in [-0.1, -0.05) is 46.6 Å². The summed E-state index contributed by atoms with van der Waals surface area (Å²) in [6.07, 6.45) is 0. The van der Waals surface area contributed by atoms with E-state index in [9.17, 15) is 0 Å². The van der Waals surface area contributed by atoms with Crippen molar-refractivity contribution in [3.8, 4) is 11.5 Å². The van der Waals surface area contributed by atoms with Crippen LogP contribution < -0.4 is 10.1 Å². The van der Waals surface area contributed by atoms with Crippen LogP contribution in [0.15, 0.2) is 40.9 Å². The summed E-state index contributed by atoms with van der Waals surface area (Å²) < 4.78 is 7.13. The quantitative estimate of drug-likeness (QED) is 0.834.